The average Bonchev–Trinajstić information content (AvgIpc) is 2.13. The summed E-state index contributed by atoms with van der Waals surface area (Å²) >= 11 is 1.30. The van der Waals surface area contributed by atoms with Crippen LogP contribution >= 0.6 is 11.8 Å². The van der Waals surface area contributed by atoms with Crippen LogP contribution in [0.15, 0.2) is 0 Å². The Balaban J connectivity index is 4.06. The fraction of sp³-hybridized carbons (Fsp3) is 0.800. The van der Waals surface area contributed by atoms with E-state index in [1.54, 1.807) is 18.7 Å². The summed E-state index contributed by atoms with van der Waals surface area (Å²) in [5.74, 6) is 0.600. The zero-order valence-electron chi connectivity index (χ0n) is 9.49. The lowest BCUT2D eigenvalue weighted by molar-refractivity contribution is -0.131. The lowest BCUT2D eigenvalue weighted by atomic mass is 10.1. The molecule has 0 aromatic rings. The summed E-state index contributed by atoms with van der Waals surface area (Å²) in [7, 11) is 0. The number of hydrogen-bond donors (Lipinski definition) is 1. The summed E-state index contributed by atoms with van der Waals surface area (Å²) in [6.45, 7) is 6.13. The van der Waals surface area contributed by atoms with Crippen LogP contribution in [-0.4, -0.2) is 46.1 Å². The quantitative estimate of drug-likeness (QED) is 0.687. The van der Waals surface area contributed by atoms with E-state index in [1.807, 2.05) is 13.0 Å². The van der Waals surface area contributed by atoms with Gasteiger partial charge in [-0.2, -0.15) is 5.26 Å². The van der Waals surface area contributed by atoms with Crippen molar-refractivity contribution in [1.82, 2.24) is 4.90 Å². The number of aliphatic hydroxyl groups is 1. The van der Waals surface area contributed by atoms with Gasteiger partial charge in [-0.3, -0.25) is 4.79 Å². The summed E-state index contributed by atoms with van der Waals surface area (Å²) in [4.78, 5) is 13.2. The van der Waals surface area contributed by atoms with Gasteiger partial charge in [0.15, 0.2) is 0 Å². The van der Waals surface area contributed by atoms with Crippen LogP contribution in [0.3, 0.4) is 0 Å². The summed E-state index contributed by atoms with van der Waals surface area (Å²) in [6.07, 6.45) is 0. The molecule has 86 valence electrons. The lowest BCUT2D eigenvalue weighted by Gasteiger charge is -2.27. The van der Waals surface area contributed by atoms with E-state index in [2.05, 4.69) is 0 Å². The summed E-state index contributed by atoms with van der Waals surface area (Å²) < 4.78 is 0. The first-order chi connectivity index (χ1) is 6.90. The van der Waals surface area contributed by atoms with Crippen LogP contribution in [0.1, 0.15) is 20.8 Å². The fourth-order valence-corrected chi connectivity index (χ4v) is 1.67. The van der Waals surface area contributed by atoms with Crippen LogP contribution in [0.2, 0.25) is 0 Å². The van der Waals surface area contributed by atoms with Crippen LogP contribution in [0.5, 0.6) is 0 Å². The molecular weight excluding hydrogens is 212 g/mol. The van der Waals surface area contributed by atoms with E-state index in [1.165, 1.54) is 11.8 Å². The second-order valence-corrected chi connectivity index (χ2v) is 4.86. The number of rotatable bonds is 6. The molecule has 0 saturated carbocycles. The molecule has 0 aliphatic carbocycles. The van der Waals surface area contributed by atoms with Crippen LogP contribution in [-0.2, 0) is 4.79 Å². The van der Waals surface area contributed by atoms with E-state index < -0.39 is 5.60 Å². The van der Waals surface area contributed by atoms with Gasteiger partial charge in [-0.15, -0.1) is 11.8 Å². The highest BCUT2D eigenvalue weighted by Gasteiger charge is 2.20. The second kappa shape index (κ2) is 6.70. The summed E-state index contributed by atoms with van der Waals surface area (Å²) in [5, 5.41) is 17.9. The predicted molar refractivity (Wildman–Crippen MR) is 61.5 cm³/mol. The predicted octanol–water partition coefficient (Wildman–Crippen LogP) is 0.863. The molecular formula is C10H18N2O2S. The highest BCUT2D eigenvalue weighted by molar-refractivity contribution is 8.00. The van der Waals surface area contributed by atoms with Crippen molar-refractivity contribution in [2.75, 3.05) is 24.6 Å². The minimum absolute atomic E-state index is 0.0279. The molecule has 0 saturated heterocycles. The maximum atomic E-state index is 11.6. The van der Waals surface area contributed by atoms with Gasteiger partial charge in [-0.05, 0) is 20.8 Å². The van der Waals surface area contributed by atoms with Crippen LogP contribution in [0.25, 0.3) is 0 Å². The van der Waals surface area contributed by atoms with Crippen LogP contribution < -0.4 is 0 Å². The standard InChI is InChI=1S/C10H18N2O2S/c1-4-12(8-10(2,3)14)9(13)7-15-6-5-11/h14H,4,6-8H2,1-3H3. The molecule has 0 aliphatic rings. The molecule has 0 fully saturated rings. The van der Waals surface area contributed by atoms with Crippen molar-refractivity contribution in [3.63, 3.8) is 0 Å². The van der Waals surface area contributed by atoms with E-state index in [-0.39, 0.29) is 5.91 Å². The normalized spacial score (nSPS) is 10.9. The first kappa shape index (κ1) is 14.3. The van der Waals surface area contributed by atoms with Gasteiger partial charge in [0.1, 0.15) is 0 Å². The Labute approximate surface area is 95.3 Å². The van der Waals surface area contributed by atoms with E-state index in [0.29, 0.717) is 24.6 Å². The van der Waals surface area contributed by atoms with E-state index >= 15 is 0 Å². The third kappa shape index (κ3) is 7.23. The number of nitriles is 1. The first-order valence-corrected chi connectivity index (χ1v) is 6.01. The monoisotopic (exact) mass is 230 g/mol. The van der Waals surface area contributed by atoms with Crippen molar-refractivity contribution in [3.8, 4) is 6.07 Å². The molecule has 0 aliphatic heterocycles. The molecule has 0 aromatic carbocycles. The molecule has 0 unspecified atom stereocenters. The molecule has 0 bridgehead atoms. The minimum atomic E-state index is -0.869. The van der Waals surface area contributed by atoms with Crippen molar-refractivity contribution in [2.45, 2.75) is 26.4 Å². The molecule has 15 heavy (non-hydrogen) atoms. The Morgan fingerprint density at radius 2 is 2.20 bits per heavy atom. The zero-order valence-corrected chi connectivity index (χ0v) is 10.3. The highest BCUT2D eigenvalue weighted by Crippen LogP contribution is 2.07. The molecule has 0 radical (unpaired) electrons. The van der Waals surface area contributed by atoms with Gasteiger partial charge in [0, 0.05) is 13.1 Å². The smallest absolute Gasteiger partial charge is 0.232 e. The molecule has 1 N–H and O–H groups in total. The van der Waals surface area contributed by atoms with Crippen molar-refractivity contribution in [2.24, 2.45) is 0 Å². The topological polar surface area (TPSA) is 64.3 Å². The van der Waals surface area contributed by atoms with Gasteiger partial charge in [0.05, 0.1) is 23.2 Å². The van der Waals surface area contributed by atoms with Crippen molar-refractivity contribution < 1.29 is 9.90 Å². The number of hydrogen-bond acceptors (Lipinski definition) is 4. The minimum Gasteiger partial charge on any atom is -0.389 e. The van der Waals surface area contributed by atoms with Crippen molar-refractivity contribution in [3.05, 3.63) is 0 Å². The first-order valence-electron chi connectivity index (χ1n) is 4.85. The number of amides is 1. The largest absolute Gasteiger partial charge is 0.389 e. The zero-order chi connectivity index (χ0) is 11.9. The molecule has 0 spiro atoms. The number of likely N-dealkylation sites (N-methyl/N-ethyl adjacent to an activating group) is 1. The van der Waals surface area contributed by atoms with Crippen LogP contribution in [0, 0.1) is 11.3 Å². The van der Waals surface area contributed by atoms with Gasteiger partial charge in [0.25, 0.3) is 0 Å². The van der Waals surface area contributed by atoms with E-state index in [0.717, 1.165) is 0 Å². The average molecular weight is 230 g/mol. The number of nitrogens with zero attached hydrogens (tertiary/aromatic N) is 2. The third-order valence-electron chi connectivity index (χ3n) is 1.70. The number of carbonyl (C=O) groups is 1. The van der Waals surface area contributed by atoms with E-state index in [4.69, 9.17) is 5.26 Å². The second-order valence-electron chi connectivity index (χ2n) is 3.87. The van der Waals surface area contributed by atoms with Crippen LogP contribution in [0.4, 0.5) is 0 Å². The van der Waals surface area contributed by atoms with Gasteiger partial charge < -0.3 is 10.0 Å². The van der Waals surface area contributed by atoms with Gasteiger partial charge in [-0.1, -0.05) is 0 Å². The van der Waals surface area contributed by atoms with Gasteiger partial charge in [0.2, 0.25) is 5.91 Å². The molecule has 0 heterocycles. The Morgan fingerprint density at radius 1 is 1.60 bits per heavy atom. The molecule has 0 atom stereocenters. The summed E-state index contributed by atoms with van der Waals surface area (Å²) in [6, 6.07) is 1.97. The molecule has 5 heteroatoms. The Hall–Kier alpha value is -0.730. The molecule has 0 rings (SSSR count). The maximum Gasteiger partial charge on any atom is 0.232 e. The van der Waals surface area contributed by atoms with Crippen molar-refractivity contribution >= 4 is 17.7 Å². The molecule has 4 nitrogen and oxygen atoms in total. The molecule has 0 aromatic heterocycles. The van der Waals surface area contributed by atoms with Gasteiger partial charge >= 0.3 is 0 Å². The highest BCUT2D eigenvalue weighted by atomic mass is 32.2. The van der Waals surface area contributed by atoms with E-state index in [9.17, 15) is 9.90 Å². The number of thioether (sulfide) groups is 1. The maximum absolute atomic E-state index is 11.6. The lowest BCUT2D eigenvalue weighted by Crippen LogP contribution is -2.42. The Kier molecular flexibility index (Phi) is 6.37. The van der Waals surface area contributed by atoms with Crippen molar-refractivity contribution in [1.29, 1.82) is 5.26 Å². The molecule has 1 amide bonds. The Morgan fingerprint density at radius 3 is 2.60 bits per heavy atom. The van der Waals surface area contributed by atoms with Gasteiger partial charge in [-0.25, -0.2) is 0 Å². The number of carbonyl (C=O) groups excluding carboxylic acids is 1. The SMILES string of the molecule is CCN(CC(C)(C)O)C(=O)CSCC#N. The Bertz CT molecular complexity index is 243. The fourth-order valence-electron chi connectivity index (χ4n) is 1.12. The summed E-state index contributed by atoms with van der Waals surface area (Å²) in [5.41, 5.74) is -0.869. The third-order valence-corrected chi connectivity index (χ3v) is 2.49.